The van der Waals surface area contributed by atoms with Crippen LogP contribution in [-0.2, 0) is 10.0 Å². The summed E-state index contributed by atoms with van der Waals surface area (Å²) in [6.07, 6.45) is 3.72. The van der Waals surface area contributed by atoms with Gasteiger partial charge in [-0.1, -0.05) is 25.0 Å². The van der Waals surface area contributed by atoms with E-state index >= 15 is 0 Å². The smallest absolute Gasteiger partial charge is 0.242 e. The van der Waals surface area contributed by atoms with E-state index in [-0.39, 0.29) is 12.1 Å². The van der Waals surface area contributed by atoms with E-state index in [0.717, 1.165) is 12.3 Å². The molecule has 1 aliphatic carbocycles. The molecule has 0 amide bonds. The van der Waals surface area contributed by atoms with Crippen LogP contribution in [0.4, 0.5) is 5.69 Å². The van der Waals surface area contributed by atoms with E-state index in [0.29, 0.717) is 10.6 Å². The third-order valence-electron chi connectivity index (χ3n) is 3.35. The predicted molar refractivity (Wildman–Crippen MR) is 82.3 cm³/mol. The Balaban J connectivity index is 2.16. The van der Waals surface area contributed by atoms with Gasteiger partial charge in [-0.2, -0.15) is 0 Å². The fourth-order valence-electron chi connectivity index (χ4n) is 2.37. The monoisotopic (exact) mass is 296 g/mol. The molecule has 0 aliphatic heterocycles. The van der Waals surface area contributed by atoms with Crippen molar-refractivity contribution in [2.45, 2.75) is 57.0 Å². The number of hydrogen-bond acceptors (Lipinski definition) is 3. The largest absolute Gasteiger partial charge is 0.381 e. The maximum Gasteiger partial charge on any atom is 0.242 e. The molecule has 1 aromatic carbocycles. The average Bonchev–Trinajstić information content (AvgIpc) is 3.11. The molecular weight excluding hydrogens is 272 g/mol. The summed E-state index contributed by atoms with van der Waals surface area (Å²) >= 11 is 0. The van der Waals surface area contributed by atoms with Crippen LogP contribution in [0.15, 0.2) is 29.2 Å². The molecule has 20 heavy (non-hydrogen) atoms. The number of hydrogen-bond donors (Lipinski definition) is 2. The van der Waals surface area contributed by atoms with Crippen molar-refractivity contribution in [2.24, 2.45) is 5.92 Å². The van der Waals surface area contributed by atoms with Crippen LogP contribution in [0.2, 0.25) is 0 Å². The molecule has 5 heteroatoms. The average molecular weight is 296 g/mol. The van der Waals surface area contributed by atoms with Crippen LogP contribution in [0.1, 0.15) is 40.0 Å². The van der Waals surface area contributed by atoms with Crippen molar-refractivity contribution in [3.8, 4) is 0 Å². The summed E-state index contributed by atoms with van der Waals surface area (Å²) in [5, 5.41) is 3.34. The van der Waals surface area contributed by atoms with Crippen LogP contribution in [-0.4, -0.2) is 20.5 Å². The summed E-state index contributed by atoms with van der Waals surface area (Å²) in [5.74, 6) is 0.815. The van der Waals surface area contributed by atoms with Crippen LogP contribution in [0.5, 0.6) is 0 Å². The molecule has 1 atom stereocenters. The molecule has 0 saturated heterocycles. The van der Waals surface area contributed by atoms with E-state index in [4.69, 9.17) is 0 Å². The zero-order valence-electron chi connectivity index (χ0n) is 12.4. The van der Waals surface area contributed by atoms with Gasteiger partial charge < -0.3 is 5.32 Å². The lowest BCUT2D eigenvalue weighted by Crippen LogP contribution is -2.31. The molecule has 0 spiro atoms. The van der Waals surface area contributed by atoms with Gasteiger partial charge >= 0.3 is 0 Å². The first kappa shape index (κ1) is 15.3. The van der Waals surface area contributed by atoms with Gasteiger partial charge in [0.15, 0.2) is 0 Å². The second kappa shape index (κ2) is 6.14. The SMILES string of the molecule is CC(C)NS(=O)(=O)c1ccccc1NC(C)CC1CC1. The molecule has 2 rings (SSSR count). The normalized spacial score (nSPS) is 17.2. The third-order valence-corrected chi connectivity index (χ3v) is 5.07. The first-order chi connectivity index (χ1) is 9.38. The minimum atomic E-state index is -3.46. The van der Waals surface area contributed by atoms with Crippen molar-refractivity contribution in [1.82, 2.24) is 4.72 Å². The third kappa shape index (κ3) is 4.21. The Morgan fingerprint density at radius 1 is 1.20 bits per heavy atom. The summed E-state index contributed by atoms with van der Waals surface area (Å²) < 4.78 is 27.3. The van der Waals surface area contributed by atoms with Crippen LogP contribution >= 0.6 is 0 Å². The highest BCUT2D eigenvalue weighted by Crippen LogP contribution is 2.34. The first-order valence-corrected chi connectivity index (χ1v) is 8.74. The second-order valence-electron chi connectivity index (χ2n) is 6.00. The summed E-state index contributed by atoms with van der Waals surface area (Å²) in [4.78, 5) is 0.330. The van der Waals surface area contributed by atoms with Crippen molar-refractivity contribution in [3.05, 3.63) is 24.3 Å². The maximum absolute atomic E-state index is 12.3. The summed E-state index contributed by atoms with van der Waals surface area (Å²) in [6.45, 7) is 5.75. The molecule has 1 unspecified atom stereocenters. The summed E-state index contributed by atoms with van der Waals surface area (Å²) in [6, 6.07) is 7.27. The van der Waals surface area contributed by atoms with Gasteiger partial charge in [-0.05, 0) is 45.2 Å². The van der Waals surface area contributed by atoms with E-state index in [1.165, 1.54) is 12.8 Å². The molecule has 1 aromatic rings. The fraction of sp³-hybridized carbons (Fsp3) is 0.600. The minimum Gasteiger partial charge on any atom is -0.381 e. The Hall–Kier alpha value is -1.07. The van der Waals surface area contributed by atoms with Crippen molar-refractivity contribution >= 4 is 15.7 Å². The Morgan fingerprint density at radius 3 is 2.45 bits per heavy atom. The Kier molecular flexibility index (Phi) is 4.70. The Morgan fingerprint density at radius 2 is 1.85 bits per heavy atom. The first-order valence-electron chi connectivity index (χ1n) is 7.26. The quantitative estimate of drug-likeness (QED) is 0.813. The molecule has 0 aromatic heterocycles. The van der Waals surface area contributed by atoms with Gasteiger partial charge in [0.2, 0.25) is 10.0 Å². The molecule has 2 N–H and O–H groups in total. The lowest BCUT2D eigenvalue weighted by atomic mass is 10.1. The highest BCUT2D eigenvalue weighted by Gasteiger charge is 2.25. The summed E-state index contributed by atoms with van der Waals surface area (Å²) in [5.41, 5.74) is 0.689. The molecule has 0 heterocycles. The van der Waals surface area contributed by atoms with Gasteiger partial charge in [0, 0.05) is 12.1 Å². The van der Waals surface area contributed by atoms with Gasteiger partial charge in [-0.15, -0.1) is 0 Å². The van der Waals surface area contributed by atoms with Crippen LogP contribution in [0.3, 0.4) is 0 Å². The van der Waals surface area contributed by atoms with Crippen molar-refractivity contribution in [1.29, 1.82) is 0 Å². The standard InChI is InChI=1S/C15H24N2O2S/c1-11(2)17-20(18,19)15-7-5-4-6-14(15)16-12(3)10-13-8-9-13/h4-7,11-13,16-17H,8-10H2,1-3H3. The van der Waals surface area contributed by atoms with E-state index in [1.807, 2.05) is 26.0 Å². The fourth-order valence-corrected chi connectivity index (χ4v) is 3.79. The summed E-state index contributed by atoms with van der Waals surface area (Å²) in [7, 11) is -3.46. The molecule has 112 valence electrons. The zero-order valence-corrected chi connectivity index (χ0v) is 13.2. The van der Waals surface area contributed by atoms with Crippen LogP contribution in [0, 0.1) is 5.92 Å². The van der Waals surface area contributed by atoms with Crippen molar-refractivity contribution in [2.75, 3.05) is 5.32 Å². The van der Waals surface area contributed by atoms with Gasteiger partial charge in [-0.25, -0.2) is 13.1 Å². The van der Waals surface area contributed by atoms with E-state index in [2.05, 4.69) is 17.0 Å². The molecular formula is C15H24N2O2S. The molecule has 1 fully saturated rings. The van der Waals surface area contributed by atoms with Gasteiger partial charge in [0.25, 0.3) is 0 Å². The second-order valence-corrected chi connectivity index (χ2v) is 7.68. The molecule has 4 nitrogen and oxygen atoms in total. The number of rotatable bonds is 7. The van der Waals surface area contributed by atoms with E-state index < -0.39 is 10.0 Å². The Bertz CT molecular complexity index is 551. The number of anilines is 1. The maximum atomic E-state index is 12.3. The topological polar surface area (TPSA) is 58.2 Å². The molecule has 0 bridgehead atoms. The number of nitrogens with one attached hydrogen (secondary N) is 2. The lowest BCUT2D eigenvalue weighted by molar-refractivity contribution is 0.569. The van der Waals surface area contributed by atoms with Crippen LogP contribution in [0.25, 0.3) is 0 Å². The lowest BCUT2D eigenvalue weighted by Gasteiger charge is -2.19. The number of benzene rings is 1. The van der Waals surface area contributed by atoms with E-state index in [1.54, 1.807) is 12.1 Å². The predicted octanol–water partition coefficient (Wildman–Crippen LogP) is 2.97. The van der Waals surface area contributed by atoms with Crippen molar-refractivity contribution in [3.63, 3.8) is 0 Å². The Labute approximate surface area is 122 Å². The highest BCUT2D eigenvalue weighted by molar-refractivity contribution is 7.89. The highest BCUT2D eigenvalue weighted by atomic mass is 32.2. The molecule has 1 aliphatic rings. The zero-order chi connectivity index (χ0) is 14.8. The number of sulfonamides is 1. The van der Waals surface area contributed by atoms with Gasteiger partial charge in [-0.3, -0.25) is 0 Å². The van der Waals surface area contributed by atoms with E-state index in [9.17, 15) is 8.42 Å². The van der Waals surface area contributed by atoms with Crippen LogP contribution < -0.4 is 10.0 Å². The molecule has 1 saturated carbocycles. The number of para-hydroxylation sites is 1. The molecule has 0 radical (unpaired) electrons. The van der Waals surface area contributed by atoms with Gasteiger partial charge in [0.05, 0.1) is 5.69 Å². The van der Waals surface area contributed by atoms with Crippen molar-refractivity contribution < 1.29 is 8.42 Å². The minimum absolute atomic E-state index is 0.114. The van der Waals surface area contributed by atoms with Gasteiger partial charge in [0.1, 0.15) is 4.90 Å².